The van der Waals surface area contributed by atoms with Crippen molar-refractivity contribution in [3.63, 3.8) is 0 Å². The molecule has 4 N–H and O–H groups in total. The predicted molar refractivity (Wildman–Crippen MR) is 170 cm³/mol. The fourth-order valence-electron chi connectivity index (χ4n) is 3.57. The minimum absolute atomic E-state index is 0.225. The minimum atomic E-state index is -0.257. The summed E-state index contributed by atoms with van der Waals surface area (Å²) in [4.78, 5) is 23.4. The van der Waals surface area contributed by atoms with Gasteiger partial charge in [0.05, 0.1) is 23.3 Å². The molecule has 6 heteroatoms. The molecule has 3 aromatic rings. The molecule has 0 unspecified atom stereocenters. The van der Waals surface area contributed by atoms with E-state index >= 15 is 0 Å². The van der Waals surface area contributed by atoms with Gasteiger partial charge < -0.3 is 11.5 Å². The lowest BCUT2D eigenvalue weighted by atomic mass is 9.87. The second kappa shape index (κ2) is 17.7. The van der Waals surface area contributed by atoms with E-state index < -0.39 is 0 Å². The fraction of sp³-hybridized carbons (Fsp3) is 0.389. The smallest absolute Gasteiger partial charge is 0.138 e. The summed E-state index contributed by atoms with van der Waals surface area (Å²) >= 11 is 0. The molecule has 6 nitrogen and oxygen atoms in total. The van der Waals surface area contributed by atoms with Crippen molar-refractivity contribution in [3.05, 3.63) is 106 Å². The highest BCUT2D eigenvalue weighted by atomic mass is 16.1. The Morgan fingerprint density at radius 3 is 1.07 bits per heavy atom. The maximum atomic E-state index is 11.7. The number of ketones is 2. The van der Waals surface area contributed by atoms with E-state index in [4.69, 9.17) is 22.0 Å². The van der Waals surface area contributed by atoms with Gasteiger partial charge in [0.1, 0.15) is 11.6 Å². The number of nitrogens with two attached hydrogens (primary N) is 2. The van der Waals surface area contributed by atoms with Crippen LogP contribution >= 0.6 is 0 Å². The van der Waals surface area contributed by atoms with Gasteiger partial charge in [0.15, 0.2) is 0 Å². The van der Waals surface area contributed by atoms with E-state index in [2.05, 4.69) is 18.2 Å². The minimum Gasteiger partial charge on any atom is -0.326 e. The van der Waals surface area contributed by atoms with Crippen molar-refractivity contribution in [3.8, 4) is 12.1 Å². The Bertz CT molecular complexity index is 1330. The number of carbonyl (C=O) groups is 2. The maximum Gasteiger partial charge on any atom is 0.138 e. The predicted octanol–water partition coefficient (Wildman–Crippen LogP) is 6.82. The first-order valence-corrected chi connectivity index (χ1v) is 14.3. The number of aryl methyl sites for hydroxylation is 2. The van der Waals surface area contributed by atoms with Crippen molar-refractivity contribution in [2.24, 2.45) is 22.3 Å². The summed E-state index contributed by atoms with van der Waals surface area (Å²) in [6.07, 6.45) is 2.75. The highest BCUT2D eigenvalue weighted by Gasteiger charge is 2.21. The normalized spacial score (nSPS) is 10.6. The lowest BCUT2D eigenvalue weighted by molar-refractivity contribution is -0.126. The van der Waals surface area contributed by atoms with Crippen LogP contribution in [0, 0.1) is 33.5 Å². The lowest BCUT2D eigenvalue weighted by Gasteiger charge is -2.16. The number of Topliss-reactive ketones (excluding diaryl/α,β-unsaturated/α-hetero) is 2. The summed E-state index contributed by atoms with van der Waals surface area (Å²) in [5.41, 5.74) is 16.2. The van der Waals surface area contributed by atoms with Gasteiger partial charge in [-0.3, -0.25) is 9.59 Å². The third-order valence-electron chi connectivity index (χ3n) is 6.61. The Labute approximate surface area is 252 Å². The molecule has 0 heterocycles. The first-order valence-electron chi connectivity index (χ1n) is 14.3. The van der Waals surface area contributed by atoms with Gasteiger partial charge in [0.25, 0.3) is 0 Å². The van der Waals surface area contributed by atoms with E-state index in [0.717, 1.165) is 29.5 Å². The van der Waals surface area contributed by atoms with Gasteiger partial charge in [-0.05, 0) is 59.4 Å². The molecule has 0 atom stereocenters. The molecule has 0 aliphatic heterocycles. The van der Waals surface area contributed by atoms with Gasteiger partial charge in [0, 0.05) is 36.8 Å². The van der Waals surface area contributed by atoms with E-state index in [1.54, 1.807) is 24.3 Å². The Hall–Kier alpha value is -4.10. The molecular weight excluding hydrogens is 520 g/mol. The molecule has 0 bridgehead atoms. The number of carbonyl (C=O) groups excluding carboxylic acids is 2. The van der Waals surface area contributed by atoms with Crippen molar-refractivity contribution in [1.29, 1.82) is 10.5 Å². The molecule has 0 saturated heterocycles. The average Bonchev–Trinajstić information content (AvgIpc) is 2.98. The van der Waals surface area contributed by atoms with Crippen LogP contribution in [0.1, 0.15) is 87.8 Å². The van der Waals surface area contributed by atoms with Gasteiger partial charge in [-0.25, -0.2) is 0 Å². The number of hydrogen-bond donors (Lipinski definition) is 2. The summed E-state index contributed by atoms with van der Waals surface area (Å²) in [6.45, 7) is 12.8. The van der Waals surface area contributed by atoms with Crippen molar-refractivity contribution in [2.75, 3.05) is 0 Å². The molecule has 0 amide bonds. The summed E-state index contributed by atoms with van der Waals surface area (Å²) in [7, 11) is 0. The zero-order chi connectivity index (χ0) is 31.8. The quantitative estimate of drug-likeness (QED) is 0.307. The van der Waals surface area contributed by atoms with Crippen LogP contribution in [0.3, 0.4) is 0 Å². The summed E-state index contributed by atoms with van der Waals surface area (Å²) < 4.78 is 0. The Balaban J connectivity index is 0.000000324. The molecule has 42 heavy (non-hydrogen) atoms. The topological polar surface area (TPSA) is 134 Å². The van der Waals surface area contributed by atoms with Crippen LogP contribution < -0.4 is 11.5 Å². The van der Waals surface area contributed by atoms with Crippen LogP contribution in [0.25, 0.3) is 0 Å². The lowest BCUT2D eigenvalue weighted by Crippen LogP contribution is -2.20. The molecule has 0 saturated carbocycles. The molecule has 0 radical (unpaired) electrons. The summed E-state index contributed by atoms with van der Waals surface area (Å²) in [6, 6.07) is 26.9. The van der Waals surface area contributed by atoms with Crippen LogP contribution in [0.5, 0.6) is 0 Å². The van der Waals surface area contributed by atoms with E-state index in [1.165, 1.54) is 5.56 Å². The van der Waals surface area contributed by atoms with Crippen LogP contribution in [-0.4, -0.2) is 11.6 Å². The highest BCUT2D eigenvalue weighted by Crippen LogP contribution is 2.19. The van der Waals surface area contributed by atoms with Crippen molar-refractivity contribution in [2.45, 2.75) is 80.3 Å². The molecule has 0 aliphatic rings. The molecule has 0 aliphatic carbocycles. The van der Waals surface area contributed by atoms with Crippen LogP contribution in [-0.2, 0) is 35.5 Å². The van der Waals surface area contributed by atoms with Crippen LogP contribution in [0.4, 0.5) is 0 Å². The number of hydrogen-bond acceptors (Lipinski definition) is 6. The van der Waals surface area contributed by atoms with Gasteiger partial charge in [-0.15, -0.1) is 0 Å². The average molecular weight is 567 g/mol. The largest absolute Gasteiger partial charge is 0.326 e. The monoisotopic (exact) mass is 566 g/mol. The number of rotatable bonds is 8. The number of benzene rings is 3. The summed E-state index contributed by atoms with van der Waals surface area (Å²) in [5.74, 6) is 0.590. The Morgan fingerprint density at radius 2 is 0.810 bits per heavy atom. The van der Waals surface area contributed by atoms with E-state index in [9.17, 15) is 9.59 Å². The second-order valence-electron chi connectivity index (χ2n) is 12.2. The van der Waals surface area contributed by atoms with Gasteiger partial charge in [0.2, 0.25) is 0 Å². The van der Waals surface area contributed by atoms with E-state index in [-0.39, 0.29) is 16.6 Å². The standard InChI is InChI=1S/C14H21NO.C14H17NO.C8H8N2/c2*1-14(2,3)13(16)9-8-11-4-6-12(10-15)7-5-11;9-5-7-1-2-8(6-10)4-3-7/h4-7H,8-10,15H2,1-3H3;4-7H,8-9H2,1-3H3;1-4H,5,9H2. The molecule has 222 valence electrons. The van der Waals surface area contributed by atoms with Crippen LogP contribution in [0.2, 0.25) is 0 Å². The summed E-state index contributed by atoms with van der Waals surface area (Å²) in [5, 5.41) is 17.1. The zero-order valence-electron chi connectivity index (χ0n) is 26.0. The van der Waals surface area contributed by atoms with Crippen molar-refractivity contribution in [1.82, 2.24) is 0 Å². The zero-order valence-corrected chi connectivity index (χ0v) is 26.0. The maximum absolute atomic E-state index is 11.7. The van der Waals surface area contributed by atoms with E-state index in [1.807, 2.05) is 84.0 Å². The highest BCUT2D eigenvalue weighted by molar-refractivity contribution is 5.84. The molecule has 0 aromatic heterocycles. The molecule has 0 spiro atoms. The second-order valence-corrected chi connectivity index (χ2v) is 12.2. The SMILES string of the molecule is CC(C)(C)C(=O)CCc1ccc(C#N)cc1.CC(C)(C)C(=O)CCc1ccc(CN)cc1.N#Cc1ccc(CN)cc1. The molecule has 3 rings (SSSR count). The first kappa shape index (κ1) is 35.9. The molecule has 0 fully saturated rings. The van der Waals surface area contributed by atoms with Gasteiger partial charge >= 0.3 is 0 Å². The third kappa shape index (κ3) is 14.0. The number of nitriles is 2. The van der Waals surface area contributed by atoms with Crippen molar-refractivity contribution < 1.29 is 9.59 Å². The van der Waals surface area contributed by atoms with Crippen LogP contribution in [0.15, 0.2) is 72.8 Å². The number of nitrogens with zero attached hydrogens (tertiary/aromatic N) is 2. The Morgan fingerprint density at radius 1 is 0.548 bits per heavy atom. The first-order chi connectivity index (χ1) is 19.7. The van der Waals surface area contributed by atoms with Gasteiger partial charge in [-0.1, -0.05) is 90.1 Å². The molecule has 3 aromatic carbocycles. The third-order valence-corrected chi connectivity index (χ3v) is 6.61. The molecular formula is C36H46N4O2. The van der Waals surface area contributed by atoms with E-state index in [0.29, 0.717) is 42.8 Å². The fourth-order valence-corrected chi connectivity index (χ4v) is 3.57. The Kier molecular flexibility index (Phi) is 15.1. The van der Waals surface area contributed by atoms with Gasteiger partial charge in [-0.2, -0.15) is 10.5 Å². The van der Waals surface area contributed by atoms with Crippen molar-refractivity contribution >= 4 is 11.6 Å².